The number of benzene rings is 2. The Morgan fingerprint density at radius 3 is 2.41 bits per heavy atom. The summed E-state index contributed by atoms with van der Waals surface area (Å²) >= 11 is 1.45. The second-order valence-corrected chi connectivity index (χ2v) is 5.67. The highest BCUT2D eigenvalue weighted by Gasteiger charge is 2.11. The van der Waals surface area contributed by atoms with E-state index in [1.807, 2.05) is 36.4 Å². The van der Waals surface area contributed by atoms with E-state index in [0.717, 1.165) is 10.6 Å². The molecule has 1 amide bonds. The van der Waals surface area contributed by atoms with Crippen molar-refractivity contribution in [1.29, 1.82) is 0 Å². The fourth-order valence-corrected chi connectivity index (χ4v) is 2.72. The minimum Gasteiger partial charge on any atom is -0.496 e. The number of Topliss-reactive ketones (excluding diaryl/α,β-unsaturated/α-hetero) is 1. The predicted octanol–water partition coefficient (Wildman–Crippen LogP) is 3.63. The Hall–Kier alpha value is -2.27. The summed E-state index contributed by atoms with van der Waals surface area (Å²) in [6.07, 6.45) is 0. The Morgan fingerprint density at radius 2 is 1.77 bits per heavy atom. The van der Waals surface area contributed by atoms with Gasteiger partial charge in [0, 0.05) is 17.5 Å². The van der Waals surface area contributed by atoms with E-state index in [1.54, 1.807) is 19.2 Å². The lowest BCUT2D eigenvalue weighted by atomic mass is 10.1. The smallest absolute Gasteiger partial charge is 0.221 e. The predicted molar refractivity (Wildman–Crippen MR) is 88.8 cm³/mol. The third kappa shape index (κ3) is 4.36. The summed E-state index contributed by atoms with van der Waals surface area (Å²) in [7, 11) is 1.56. The minimum atomic E-state index is -0.105. The Bertz CT molecular complexity index is 668. The number of carbonyl (C=O) groups is 2. The number of para-hydroxylation sites is 1. The largest absolute Gasteiger partial charge is 0.496 e. The van der Waals surface area contributed by atoms with Crippen molar-refractivity contribution in [3.05, 3.63) is 54.1 Å². The van der Waals surface area contributed by atoms with Gasteiger partial charge in [-0.25, -0.2) is 0 Å². The third-order valence-electron chi connectivity index (χ3n) is 2.95. The molecule has 1 N–H and O–H groups in total. The zero-order chi connectivity index (χ0) is 15.9. The Morgan fingerprint density at radius 1 is 1.09 bits per heavy atom. The van der Waals surface area contributed by atoms with Gasteiger partial charge < -0.3 is 10.1 Å². The van der Waals surface area contributed by atoms with E-state index < -0.39 is 0 Å². The van der Waals surface area contributed by atoms with Crippen LogP contribution in [0.5, 0.6) is 5.75 Å². The molecule has 0 aliphatic rings. The van der Waals surface area contributed by atoms with Crippen molar-refractivity contribution in [2.45, 2.75) is 11.8 Å². The van der Waals surface area contributed by atoms with Gasteiger partial charge >= 0.3 is 0 Å². The fraction of sp³-hybridized carbons (Fsp3) is 0.176. The Labute approximate surface area is 133 Å². The van der Waals surface area contributed by atoms with Gasteiger partial charge in [-0.3, -0.25) is 9.59 Å². The molecule has 0 unspecified atom stereocenters. The number of methoxy groups -OCH3 is 1. The summed E-state index contributed by atoms with van der Waals surface area (Å²) in [6.45, 7) is 1.47. The maximum Gasteiger partial charge on any atom is 0.221 e. The molecule has 0 aliphatic carbocycles. The second-order valence-electron chi connectivity index (χ2n) is 4.62. The quantitative estimate of drug-likeness (QED) is 0.653. The van der Waals surface area contributed by atoms with Crippen molar-refractivity contribution in [2.75, 3.05) is 18.2 Å². The van der Waals surface area contributed by atoms with Crippen molar-refractivity contribution in [3.63, 3.8) is 0 Å². The van der Waals surface area contributed by atoms with Crippen LogP contribution in [0.4, 0.5) is 5.69 Å². The van der Waals surface area contributed by atoms with Crippen molar-refractivity contribution in [1.82, 2.24) is 0 Å². The van der Waals surface area contributed by atoms with Gasteiger partial charge in [-0.05, 0) is 36.4 Å². The summed E-state index contributed by atoms with van der Waals surface area (Å²) in [5.41, 5.74) is 1.33. The first kappa shape index (κ1) is 16.1. The van der Waals surface area contributed by atoms with Gasteiger partial charge in [0.2, 0.25) is 5.91 Å². The maximum absolute atomic E-state index is 12.3. The molecule has 0 saturated heterocycles. The van der Waals surface area contributed by atoms with E-state index in [9.17, 15) is 9.59 Å². The van der Waals surface area contributed by atoms with Crippen LogP contribution in [-0.4, -0.2) is 24.6 Å². The van der Waals surface area contributed by atoms with Crippen LogP contribution in [0.1, 0.15) is 17.3 Å². The lowest BCUT2D eigenvalue weighted by Gasteiger charge is -2.07. The molecule has 0 bridgehead atoms. The second kappa shape index (κ2) is 7.66. The highest BCUT2D eigenvalue weighted by atomic mass is 32.2. The first-order valence-corrected chi connectivity index (χ1v) is 7.75. The molecule has 0 heterocycles. The number of amides is 1. The van der Waals surface area contributed by atoms with Gasteiger partial charge in [0.05, 0.1) is 18.4 Å². The van der Waals surface area contributed by atoms with Gasteiger partial charge in [-0.15, -0.1) is 11.8 Å². The number of ether oxygens (including phenoxy) is 1. The number of anilines is 1. The van der Waals surface area contributed by atoms with E-state index in [2.05, 4.69) is 5.32 Å². The summed E-state index contributed by atoms with van der Waals surface area (Å²) < 4.78 is 5.20. The number of nitrogens with one attached hydrogen (secondary N) is 1. The van der Waals surface area contributed by atoms with Crippen LogP contribution in [0.25, 0.3) is 0 Å². The number of hydrogen-bond donors (Lipinski definition) is 1. The van der Waals surface area contributed by atoms with Crippen molar-refractivity contribution in [3.8, 4) is 5.75 Å². The topological polar surface area (TPSA) is 55.4 Å². The van der Waals surface area contributed by atoms with E-state index in [-0.39, 0.29) is 11.7 Å². The molecule has 0 aromatic heterocycles. The molecule has 0 spiro atoms. The monoisotopic (exact) mass is 315 g/mol. The highest BCUT2D eigenvalue weighted by Crippen LogP contribution is 2.24. The summed E-state index contributed by atoms with van der Waals surface area (Å²) in [4.78, 5) is 24.2. The van der Waals surface area contributed by atoms with Crippen molar-refractivity contribution in [2.24, 2.45) is 0 Å². The van der Waals surface area contributed by atoms with Crippen molar-refractivity contribution >= 4 is 29.1 Å². The zero-order valence-electron chi connectivity index (χ0n) is 12.5. The van der Waals surface area contributed by atoms with Gasteiger partial charge in [0.25, 0.3) is 0 Å². The number of thioether (sulfide) groups is 1. The zero-order valence-corrected chi connectivity index (χ0v) is 13.3. The lowest BCUT2D eigenvalue weighted by molar-refractivity contribution is -0.114. The summed E-state index contributed by atoms with van der Waals surface area (Å²) in [5.74, 6) is 0.842. The molecule has 5 heteroatoms. The van der Waals surface area contributed by atoms with E-state index in [0.29, 0.717) is 17.1 Å². The fourth-order valence-electron chi connectivity index (χ4n) is 1.94. The third-order valence-corrected chi connectivity index (χ3v) is 3.96. The molecule has 0 radical (unpaired) electrons. The van der Waals surface area contributed by atoms with Gasteiger partial charge in [0.15, 0.2) is 5.78 Å². The molecule has 22 heavy (non-hydrogen) atoms. The van der Waals surface area contributed by atoms with Crippen LogP contribution in [0.2, 0.25) is 0 Å². The summed E-state index contributed by atoms with van der Waals surface area (Å²) in [5, 5.41) is 2.71. The van der Waals surface area contributed by atoms with Crippen LogP contribution >= 0.6 is 11.8 Å². The SMILES string of the molecule is COc1ccccc1C(=O)CSc1ccc(NC(C)=O)cc1. The Kier molecular flexibility index (Phi) is 5.61. The molecule has 2 rings (SSSR count). The number of carbonyl (C=O) groups excluding carboxylic acids is 2. The standard InChI is InChI=1S/C17H17NO3S/c1-12(19)18-13-7-9-14(10-8-13)22-11-16(20)15-5-3-4-6-17(15)21-2/h3-10H,11H2,1-2H3,(H,18,19). The van der Waals surface area contributed by atoms with E-state index >= 15 is 0 Å². The van der Waals surface area contributed by atoms with E-state index in [1.165, 1.54) is 18.7 Å². The first-order chi connectivity index (χ1) is 10.6. The first-order valence-electron chi connectivity index (χ1n) is 6.77. The molecule has 0 saturated carbocycles. The molecular formula is C17H17NO3S. The molecule has 114 valence electrons. The van der Waals surface area contributed by atoms with Crippen LogP contribution in [0.15, 0.2) is 53.4 Å². The summed E-state index contributed by atoms with van der Waals surface area (Å²) in [6, 6.07) is 14.6. The van der Waals surface area contributed by atoms with Crippen LogP contribution in [0, 0.1) is 0 Å². The van der Waals surface area contributed by atoms with Crippen molar-refractivity contribution < 1.29 is 14.3 Å². The van der Waals surface area contributed by atoms with E-state index in [4.69, 9.17) is 4.74 Å². The maximum atomic E-state index is 12.3. The average molecular weight is 315 g/mol. The van der Waals surface area contributed by atoms with Crippen LogP contribution in [0.3, 0.4) is 0 Å². The van der Waals surface area contributed by atoms with Gasteiger partial charge in [-0.2, -0.15) is 0 Å². The molecule has 4 nitrogen and oxygen atoms in total. The molecular weight excluding hydrogens is 298 g/mol. The average Bonchev–Trinajstić information content (AvgIpc) is 2.53. The van der Waals surface area contributed by atoms with Crippen LogP contribution < -0.4 is 10.1 Å². The molecule has 0 fully saturated rings. The number of rotatable bonds is 6. The molecule has 2 aromatic carbocycles. The highest BCUT2D eigenvalue weighted by molar-refractivity contribution is 8.00. The normalized spacial score (nSPS) is 10.1. The number of hydrogen-bond acceptors (Lipinski definition) is 4. The molecule has 0 atom stereocenters. The molecule has 0 aliphatic heterocycles. The lowest BCUT2D eigenvalue weighted by Crippen LogP contribution is -2.05. The number of ketones is 1. The Balaban J connectivity index is 1.97. The molecule has 2 aromatic rings. The van der Waals surface area contributed by atoms with Gasteiger partial charge in [-0.1, -0.05) is 12.1 Å². The van der Waals surface area contributed by atoms with Crippen LogP contribution in [-0.2, 0) is 4.79 Å². The van der Waals surface area contributed by atoms with Gasteiger partial charge in [0.1, 0.15) is 5.75 Å². The minimum absolute atomic E-state index is 0.0217.